The van der Waals surface area contributed by atoms with Crippen molar-refractivity contribution < 1.29 is 13.9 Å². The number of ether oxygens (including phenoxy) is 1. The van der Waals surface area contributed by atoms with Crippen molar-refractivity contribution in [1.29, 1.82) is 0 Å². The maximum Gasteiger partial charge on any atom is 0.152 e. The van der Waals surface area contributed by atoms with Gasteiger partial charge >= 0.3 is 0 Å². The number of carbonyl (C=O) groups excluding carboxylic acids is 1. The summed E-state index contributed by atoms with van der Waals surface area (Å²) in [4.78, 5) is 14.5. The van der Waals surface area contributed by atoms with Gasteiger partial charge in [-0.1, -0.05) is 30.0 Å². The maximum atomic E-state index is 14.8. The highest BCUT2D eigenvalue weighted by molar-refractivity contribution is 7.19. The number of benzene rings is 2. The van der Waals surface area contributed by atoms with Gasteiger partial charge in [-0.2, -0.15) is 0 Å². The van der Waals surface area contributed by atoms with Crippen LogP contribution in [-0.2, 0) is 4.74 Å². The molecule has 142 valence electrons. The lowest BCUT2D eigenvalue weighted by Crippen LogP contribution is -2.45. The summed E-state index contributed by atoms with van der Waals surface area (Å²) in [6, 6.07) is 13.0. The fraction of sp³-hybridized carbons (Fsp3) is 0.261. The molecule has 4 rings (SSSR count). The Morgan fingerprint density at radius 3 is 2.61 bits per heavy atom. The molecule has 0 bridgehead atoms. The first-order valence-electron chi connectivity index (χ1n) is 9.23. The maximum absolute atomic E-state index is 14.8. The molecular weight excluding hydrogens is 373 g/mol. The van der Waals surface area contributed by atoms with Gasteiger partial charge in [-0.05, 0) is 43.5 Å². The standard InChI is InChI=1S/C23H20FNO2S/c1-15-12-25(13-16(2)27-15)22-11-21(24)17(9-19(22)14-26)7-8-20-10-18-5-3-4-6-23(18)28-20/h3-6,9-11,14-16H,12-13H2,1-2H3/t15-,16+. The van der Waals surface area contributed by atoms with Gasteiger partial charge in [0.05, 0.1) is 28.3 Å². The van der Waals surface area contributed by atoms with Gasteiger partial charge in [0.25, 0.3) is 0 Å². The van der Waals surface area contributed by atoms with Crippen molar-refractivity contribution in [1.82, 2.24) is 0 Å². The van der Waals surface area contributed by atoms with Crippen molar-refractivity contribution in [2.75, 3.05) is 18.0 Å². The predicted octanol–water partition coefficient (Wildman–Crippen LogP) is 4.87. The molecule has 0 aliphatic carbocycles. The Morgan fingerprint density at radius 1 is 1.14 bits per heavy atom. The lowest BCUT2D eigenvalue weighted by molar-refractivity contribution is -0.00527. The van der Waals surface area contributed by atoms with Crippen LogP contribution in [0.2, 0.25) is 0 Å². The molecule has 0 saturated carbocycles. The van der Waals surface area contributed by atoms with Crippen LogP contribution in [0.3, 0.4) is 0 Å². The Hall–Kier alpha value is -2.68. The summed E-state index contributed by atoms with van der Waals surface area (Å²) in [6.07, 6.45) is 0.821. The van der Waals surface area contributed by atoms with E-state index in [1.54, 1.807) is 17.4 Å². The molecule has 0 radical (unpaired) electrons. The summed E-state index contributed by atoms with van der Waals surface area (Å²) in [7, 11) is 0. The van der Waals surface area contributed by atoms with E-state index in [0.717, 1.165) is 21.2 Å². The van der Waals surface area contributed by atoms with Gasteiger partial charge in [-0.25, -0.2) is 4.39 Å². The van der Waals surface area contributed by atoms with Crippen molar-refractivity contribution in [2.45, 2.75) is 26.1 Å². The molecule has 3 nitrogen and oxygen atoms in total. The Bertz CT molecular complexity index is 1050. The van der Waals surface area contributed by atoms with Crippen LogP contribution >= 0.6 is 11.3 Å². The van der Waals surface area contributed by atoms with Crippen molar-refractivity contribution in [2.24, 2.45) is 0 Å². The third-order valence-electron chi connectivity index (χ3n) is 4.75. The zero-order chi connectivity index (χ0) is 19.7. The summed E-state index contributed by atoms with van der Waals surface area (Å²) < 4.78 is 21.6. The van der Waals surface area contributed by atoms with Gasteiger partial charge in [0, 0.05) is 23.4 Å². The molecule has 5 heteroatoms. The van der Waals surface area contributed by atoms with Crippen LogP contribution in [0.5, 0.6) is 0 Å². The molecule has 0 amide bonds. The predicted molar refractivity (Wildman–Crippen MR) is 112 cm³/mol. The monoisotopic (exact) mass is 393 g/mol. The van der Waals surface area contributed by atoms with Crippen molar-refractivity contribution in [3.8, 4) is 11.8 Å². The highest BCUT2D eigenvalue weighted by atomic mass is 32.1. The van der Waals surface area contributed by atoms with Crippen LogP contribution in [-0.4, -0.2) is 31.6 Å². The topological polar surface area (TPSA) is 29.5 Å². The molecule has 1 aliphatic rings. The number of carbonyl (C=O) groups is 1. The first kappa shape index (κ1) is 18.7. The third kappa shape index (κ3) is 3.80. The van der Waals surface area contributed by atoms with E-state index in [1.807, 2.05) is 49.1 Å². The van der Waals surface area contributed by atoms with E-state index >= 15 is 0 Å². The van der Waals surface area contributed by atoms with Gasteiger partial charge in [-0.15, -0.1) is 11.3 Å². The molecule has 2 aromatic carbocycles. The largest absolute Gasteiger partial charge is 0.372 e. The summed E-state index contributed by atoms with van der Waals surface area (Å²) in [5, 5.41) is 1.12. The fourth-order valence-corrected chi connectivity index (χ4v) is 4.51. The number of halogens is 1. The first-order chi connectivity index (χ1) is 13.5. The summed E-state index contributed by atoms with van der Waals surface area (Å²) in [6.45, 7) is 5.20. The van der Waals surface area contributed by atoms with Crippen LogP contribution < -0.4 is 4.90 Å². The highest BCUT2D eigenvalue weighted by Crippen LogP contribution is 2.27. The minimum absolute atomic E-state index is 0.0266. The number of thiophene rings is 1. The number of aldehydes is 1. The van der Waals surface area contributed by atoms with E-state index < -0.39 is 5.82 Å². The Morgan fingerprint density at radius 2 is 1.89 bits per heavy atom. The first-order valence-corrected chi connectivity index (χ1v) is 10.0. The van der Waals surface area contributed by atoms with E-state index in [1.165, 1.54) is 6.07 Å². The average Bonchev–Trinajstić information content (AvgIpc) is 3.09. The molecule has 1 aliphatic heterocycles. The summed E-state index contributed by atoms with van der Waals surface area (Å²) >= 11 is 1.57. The van der Waals surface area contributed by atoms with Gasteiger partial charge < -0.3 is 9.64 Å². The lowest BCUT2D eigenvalue weighted by Gasteiger charge is -2.37. The Balaban J connectivity index is 1.67. The van der Waals surface area contributed by atoms with Gasteiger partial charge in [0.15, 0.2) is 6.29 Å². The molecule has 1 aromatic heterocycles. The van der Waals surface area contributed by atoms with Crippen LogP contribution in [0.1, 0.15) is 34.6 Å². The van der Waals surface area contributed by atoms with Crippen molar-refractivity contribution in [3.05, 3.63) is 64.3 Å². The van der Waals surface area contributed by atoms with E-state index in [9.17, 15) is 9.18 Å². The van der Waals surface area contributed by atoms with Crippen LogP contribution in [0.25, 0.3) is 10.1 Å². The molecular formula is C23H20FNO2S. The van der Waals surface area contributed by atoms with Crippen molar-refractivity contribution >= 4 is 33.4 Å². The SMILES string of the molecule is C[C@@H]1CN(c2cc(F)c(C#Cc3cc4ccccc4s3)cc2C=O)C[C@H](C)O1. The van der Waals surface area contributed by atoms with E-state index in [-0.39, 0.29) is 17.8 Å². The quantitative estimate of drug-likeness (QED) is 0.460. The minimum atomic E-state index is -0.416. The second-order valence-electron chi connectivity index (χ2n) is 7.07. The van der Waals surface area contributed by atoms with Gasteiger partial charge in [0.2, 0.25) is 0 Å². The zero-order valence-electron chi connectivity index (χ0n) is 15.7. The number of hydrogen-bond acceptors (Lipinski definition) is 4. The lowest BCUT2D eigenvalue weighted by atomic mass is 10.1. The number of morpholine rings is 1. The second kappa shape index (κ2) is 7.75. The smallest absolute Gasteiger partial charge is 0.152 e. The molecule has 2 atom stereocenters. The minimum Gasteiger partial charge on any atom is -0.372 e. The zero-order valence-corrected chi connectivity index (χ0v) is 16.6. The molecule has 0 unspecified atom stereocenters. The Labute approximate surface area is 167 Å². The normalized spacial score (nSPS) is 19.3. The fourth-order valence-electron chi connectivity index (χ4n) is 3.59. The molecule has 1 saturated heterocycles. The molecule has 1 fully saturated rings. The molecule has 3 aromatic rings. The van der Waals surface area contributed by atoms with Crippen LogP contribution in [0.15, 0.2) is 42.5 Å². The van der Waals surface area contributed by atoms with E-state index in [0.29, 0.717) is 24.3 Å². The van der Waals surface area contributed by atoms with E-state index in [2.05, 4.69) is 11.8 Å². The summed E-state index contributed by atoms with van der Waals surface area (Å²) in [5.41, 5.74) is 1.28. The number of nitrogens with zero attached hydrogens (tertiary/aromatic N) is 1. The summed E-state index contributed by atoms with van der Waals surface area (Å²) in [5.74, 6) is 5.51. The molecule has 28 heavy (non-hydrogen) atoms. The molecule has 0 spiro atoms. The van der Waals surface area contributed by atoms with Crippen molar-refractivity contribution in [3.63, 3.8) is 0 Å². The van der Waals surface area contributed by atoms with Crippen LogP contribution in [0.4, 0.5) is 10.1 Å². The third-order valence-corrected chi connectivity index (χ3v) is 5.78. The van der Waals surface area contributed by atoms with Gasteiger partial charge in [-0.3, -0.25) is 4.79 Å². The molecule has 0 N–H and O–H groups in total. The number of rotatable bonds is 2. The second-order valence-corrected chi connectivity index (χ2v) is 8.15. The number of hydrogen-bond donors (Lipinski definition) is 0. The van der Waals surface area contributed by atoms with Crippen LogP contribution in [0, 0.1) is 17.7 Å². The number of anilines is 1. The highest BCUT2D eigenvalue weighted by Gasteiger charge is 2.24. The molecule has 2 heterocycles. The number of fused-ring (bicyclic) bond motifs is 1. The van der Waals surface area contributed by atoms with E-state index in [4.69, 9.17) is 4.74 Å². The average molecular weight is 393 g/mol. The van der Waals surface area contributed by atoms with Gasteiger partial charge in [0.1, 0.15) is 5.82 Å². The Kier molecular flexibility index (Phi) is 5.17.